The third-order valence-corrected chi connectivity index (χ3v) is 4.49. The van der Waals surface area contributed by atoms with Gasteiger partial charge in [0.15, 0.2) is 0 Å². The molecular formula is C14H18N4O3S. The first kappa shape index (κ1) is 15.1. The number of hydrogen-bond donors (Lipinski definition) is 1. The van der Waals surface area contributed by atoms with Crippen LogP contribution in [-0.4, -0.2) is 46.7 Å². The Morgan fingerprint density at radius 1 is 1.59 bits per heavy atom. The van der Waals surface area contributed by atoms with E-state index in [0.717, 1.165) is 10.7 Å². The zero-order chi connectivity index (χ0) is 15.5. The van der Waals surface area contributed by atoms with Crippen molar-refractivity contribution in [3.63, 3.8) is 0 Å². The SMILES string of the molecule is Cc1cc(NC(=O)[C@H](C)N2CCO[C@H](c3nccs3)C2)on1. The first-order valence-corrected chi connectivity index (χ1v) is 8.00. The van der Waals surface area contributed by atoms with Gasteiger partial charge < -0.3 is 9.26 Å². The van der Waals surface area contributed by atoms with Crippen molar-refractivity contribution in [2.75, 3.05) is 25.0 Å². The van der Waals surface area contributed by atoms with Gasteiger partial charge in [0, 0.05) is 30.7 Å². The highest BCUT2D eigenvalue weighted by Gasteiger charge is 2.30. The lowest BCUT2D eigenvalue weighted by atomic mass is 10.2. The van der Waals surface area contributed by atoms with Crippen molar-refractivity contribution in [1.29, 1.82) is 0 Å². The normalized spacial score (nSPS) is 20.7. The van der Waals surface area contributed by atoms with E-state index in [2.05, 4.69) is 20.4 Å². The van der Waals surface area contributed by atoms with Gasteiger partial charge in [-0.15, -0.1) is 11.3 Å². The molecule has 3 rings (SSSR count). The summed E-state index contributed by atoms with van der Waals surface area (Å²) in [6.45, 7) is 5.64. The molecule has 2 atom stereocenters. The number of ether oxygens (including phenoxy) is 1. The van der Waals surface area contributed by atoms with Crippen LogP contribution in [0, 0.1) is 6.92 Å². The zero-order valence-corrected chi connectivity index (χ0v) is 13.3. The Balaban J connectivity index is 1.61. The van der Waals surface area contributed by atoms with Crippen molar-refractivity contribution >= 4 is 23.1 Å². The monoisotopic (exact) mass is 322 g/mol. The molecule has 3 heterocycles. The van der Waals surface area contributed by atoms with E-state index in [9.17, 15) is 4.79 Å². The highest BCUT2D eigenvalue weighted by Crippen LogP contribution is 2.25. The second-order valence-corrected chi connectivity index (χ2v) is 6.15. The van der Waals surface area contributed by atoms with Crippen LogP contribution >= 0.6 is 11.3 Å². The molecule has 1 amide bonds. The minimum atomic E-state index is -0.281. The van der Waals surface area contributed by atoms with Gasteiger partial charge in [-0.25, -0.2) is 4.98 Å². The second-order valence-electron chi connectivity index (χ2n) is 5.22. The van der Waals surface area contributed by atoms with Crippen LogP contribution in [0.4, 0.5) is 5.88 Å². The third-order valence-electron chi connectivity index (χ3n) is 3.63. The molecule has 1 aliphatic rings. The summed E-state index contributed by atoms with van der Waals surface area (Å²) in [7, 11) is 0. The molecule has 22 heavy (non-hydrogen) atoms. The van der Waals surface area contributed by atoms with Crippen LogP contribution in [0.2, 0.25) is 0 Å². The van der Waals surface area contributed by atoms with Crippen LogP contribution in [0.1, 0.15) is 23.7 Å². The Kier molecular flexibility index (Phi) is 4.51. The van der Waals surface area contributed by atoms with E-state index >= 15 is 0 Å². The van der Waals surface area contributed by atoms with Crippen LogP contribution in [0.15, 0.2) is 22.2 Å². The lowest BCUT2D eigenvalue weighted by Gasteiger charge is -2.35. The van der Waals surface area contributed by atoms with Crippen molar-refractivity contribution in [1.82, 2.24) is 15.0 Å². The summed E-state index contributed by atoms with van der Waals surface area (Å²) in [5.41, 5.74) is 0.734. The topological polar surface area (TPSA) is 80.5 Å². The Bertz CT molecular complexity index is 628. The van der Waals surface area contributed by atoms with Gasteiger partial charge in [0.2, 0.25) is 11.8 Å². The molecule has 0 aliphatic carbocycles. The molecule has 1 saturated heterocycles. The summed E-state index contributed by atoms with van der Waals surface area (Å²) in [5.74, 6) is 0.259. The minimum Gasteiger partial charge on any atom is -0.368 e. The van der Waals surface area contributed by atoms with Crippen molar-refractivity contribution < 1.29 is 14.1 Å². The fourth-order valence-corrected chi connectivity index (χ4v) is 3.06. The lowest BCUT2D eigenvalue weighted by Crippen LogP contribution is -2.48. The van der Waals surface area contributed by atoms with Crippen molar-refractivity contribution in [3.8, 4) is 0 Å². The van der Waals surface area contributed by atoms with Gasteiger partial charge in [-0.2, -0.15) is 0 Å². The molecule has 0 bridgehead atoms. The summed E-state index contributed by atoms with van der Waals surface area (Å²) >= 11 is 1.57. The van der Waals surface area contributed by atoms with Crippen LogP contribution in [-0.2, 0) is 9.53 Å². The Morgan fingerprint density at radius 2 is 2.45 bits per heavy atom. The minimum absolute atomic E-state index is 0.0727. The second kappa shape index (κ2) is 6.55. The zero-order valence-electron chi connectivity index (χ0n) is 12.5. The highest BCUT2D eigenvalue weighted by atomic mass is 32.1. The molecule has 118 valence electrons. The van der Waals surface area contributed by atoms with Gasteiger partial charge in [0.25, 0.3) is 0 Å². The van der Waals surface area contributed by atoms with Gasteiger partial charge in [0.05, 0.1) is 18.3 Å². The molecule has 0 radical (unpaired) electrons. The molecule has 7 nitrogen and oxygen atoms in total. The smallest absolute Gasteiger partial charge is 0.243 e. The molecule has 0 unspecified atom stereocenters. The number of amides is 1. The number of aromatic nitrogens is 2. The summed E-state index contributed by atoms with van der Waals surface area (Å²) in [6, 6.07) is 1.42. The van der Waals surface area contributed by atoms with Crippen molar-refractivity contribution in [3.05, 3.63) is 28.3 Å². The molecular weight excluding hydrogens is 304 g/mol. The highest BCUT2D eigenvalue weighted by molar-refractivity contribution is 7.09. The van der Waals surface area contributed by atoms with Gasteiger partial charge in [-0.1, -0.05) is 5.16 Å². The van der Waals surface area contributed by atoms with Gasteiger partial charge in [0.1, 0.15) is 11.1 Å². The van der Waals surface area contributed by atoms with Gasteiger partial charge >= 0.3 is 0 Å². The Morgan fingerprint density at radius 3 is 3.14 bits per heavy atom. The van der Waals surface area contributed by atoms with Gasteiger partial charge in [-0.05, 0) is 13.8 Å². The summed E-state index contributed by atoms with van der Waals surface area (Å²) in [6.07, 6.45) is 1.70. The molecule has 0 spiro atoms. The van der Waals surface area contributed by atoms with E-state index in [-0.39, 0.29) is 18.1 Å². The largest absolute Gasteiger partial charge is 0.368 e. The van der Waals surface area contributed by atoms with E-state index in [1.165, 1.54) is 0 Å². The number of thiazole rings is 1. The number of carbonyl (C=O) groups is 1. The van der Waals surface area contributed by atoms with E-state index in [1.54, 1.807) is 23.6 Å². The van der Waals surface area contributed by atoms with Crippen molar-refractivity contribution in [2.24, 2.45) is 0 Å². The standard InChI is InChI=1S/C14H18N4O3S/c1-9-7-12(21-17-9)16-13(19)10(2)18-4-5-20-11(8-18)14-15-3-6-22-14/h3,6-7,10-11H,4-5,8H2,1-2H3,(H,16,19)/t10-,11-/m0/s1. The third kappa shape index (κ3) is 3.34. The Hall–Kier alpha value is -1.77. The first-order valence-electron chi connectivity index (χ1n) is 7.12. The maximum atomic E-state index is 12.3. The van der Waals surface area contributed by atoms with E-state index in [1.807, 2.05) is 19.2 Å². The van der Waals surface area contributed by atoms with Crippen LogP contribution < -0.4 is 5.32 Å². The number of carbonyl (C=O) groups excluding carboxylic acids is 1. The van der Waals surface area contributed by atoms with Crippen molar-refractivity contribution in [2.45, 2.75) is 26.0 Å². The first-order chi connectivity index (χ1) is 10.6. The number of nitrogens with one attached hydrogen (secondary N) is 1. The van der Waals surface area contributed by atoms with E-state index in [0.29, 0.717) is 25.6 Å². The molecule has 1 aliphatic heterocycles. The fourth-order valence-electron chi connectivity index (χ4n) is 2.38. The van der Waals surface area contributed by atoms with Crippen LogP contribution in [0.5, 0.6) is 0 Å². The maximum Gasteiger partial charge on any atom is 0.243 e. The lowest BCUT2D eigenvalue weighted by molar-refractivity contribution is -0.124. The molecule has 0 saturated carbocycles. The van der Waals surface area contributed by atoms with Crippen LogP contribution in [0.3, 0.4) is 0 Å². The molecule has 1 N–H and O–H groups in total. The van der Waals surface area contributed by atoms with E-state index in [4.69, 9.17) is 9.26 Å². The maximum absolute atomic E-state index is 12.3. The molecule has 0 aromatic carbocycles. The summed E-state index contributed by atoms with van der Waals surface area (Å²) in [4.78, 5) is 18.7. The summed E-state index contributed by atoms with van der Waals surface area (Å²) in [5, 5.41) is 9.38. The quantitative estimate of drug-likeness (QED) is 0.925. The van der Waals surface area contributed by atoms with E-state index < -0.39 is 0 Å². The molecule has 1 fully saturated rings. The number of anilines is 1. The Labute approximate surface area is 132 Å². The predicted molar refractivity (Wildman–Crippen MR) is 81.7 cm³/mol. The number of rotatable bonds is 4. The molecule has 2 aromatic rings. The number of hydrogen-bond acceptors (Lipinski definition) is 7. The number of morpholine rings is 1. The molecule has 2 aromatic heterocycles. The average molecular weight is 322 g/mol. The predicted octanol–water partition coefficient (Wildman–Crippen LogP) is 1.84. The number of nitrogens with zero attached hydrogens (tertiary/aromatic N) is 3. The average Bonchev–Trinajstić information content (AvgIpc) is 3.18. The van der Waals surface area contributed by atoms with Crippen LogP contribution in [0.25, 0.3) is 0 Å². The number of aryl methyl sites for hydroxylation is 1. The fraction of sp³-hybridized carbons (Fsp3) is 0.500. The molecule has 8 heteroatoms. The summed E-state index contributed by atoms with van der Waals surface area (Å²) < 4.78 is 10.8. The van der Waals surface area contributed by atoms with Gasteiger partial charge in [-0.3, -0.25) is 15.0 Å².